The first kappa shape index (κ1) is 15.1. The van der Waals surface area contributed by atoms with E-state index in [1.54, 1.807) is 6.92 Å². The molecule has 0 saturated carbocycles. The minimum atomic E-state index is -0.489. The van der Waals surface area contributed by atoms with Crippen LogP contribution in [0, 0.1) is 22.9 Å². The third-order valence-electron chi connectivity index (χ3n) is 2.83. The van der Waals surface area contributed by atoms with Gasteiger partial charge in [-0.15, -0.1) is 0 Å². The van der Waals surface area contributed by atoms with Crippen molar-refractivity contribution in [3.63, 3.8) is 0 Å². The number of nitrogens with one attached hydrogen (secondary N) is 1. The second kappa shape index (κ2) is 6.01. The number of benzene rings is 2. The number of nitro benzene ring substituents is 1. The van der Waals surface area contributed by atoms with Crippen LogP contribution in [0.1, 0.15) is 15.9 Å². The van der Waals surface area contributed by atoms with Crippen molar-refractivity contribution in [1.29, 1.82) is 0 Å². The number of nitro groups is 1. The van der Waals surface area contributed by atoms with E-state index < -0.39 is 16.6 Å². The Morgan fingerprint density at radius 2 is 2.00 bits per heavy atom. The van der Waals surface area contributed by atoms with Gasteiger partial charge in [-0.25, -0.2) is 4.39 Å². The van der Waals surface area contributed by atoms with Crippen molar-refractivity contribution in [3.05, 3.63) is 67.9 Å². The molecule has 2 rings (SSSR count). The summed E-state index contributed by atoms with van der Waals surface area (Å²) in [7, 11) is 0. The molecule has 1 N–H and O–H groups in total. The summed E-state index contributed by atoms with van der Waals surface area (Å²) < 4.78 is 13.3. The van der Waals surface area contributed by atoms with Crippen LogP contribution in [0.15, 0.2) is 40.9 Å². The smallest absolute Gasteiger partial charge is 0.272 e. The number of rotatable bonds is 3. The van der Waals surface area contributed by atoms with Gasteiger partial charge in [-0.05, 0) is 53.2 Å². The Balaban J connectivity index is 2.23. The number of amides is 1. The van der Waals surface area contributed by atoms with Crippen LogP contribution in [0.3, 0.4) is 0 Å². The van der Waals surface area contributed by atoms with E-state index in [0.717, 1.165) is 0 Å². The van der Waals surface area contributed by atoms with Crippen molar-refractivity contribution in [2.24, 2.45) is 0 Å². The highest BCUT2D eigenvalue weighted by Crippen LogP contribution is 2.23. The van der Waals surface area contributed by atoms with Gasteiger partial charge in [-0.3, -0.25) is 14.9 Å². The lowest BCUT2D eigenvalue weighted by molar-refractivity contribution is -0.385. The van der Waals surface area contributed by atoms with E-state index >= 15 is 0 Å². The standard InChI is InChI=1S/C14H10BrFN2O3/c1-8-6-10(3-5-13(8)18(20)21)17-14(19)11-4-2-9(16)7-12(11)15/h2-7H,1H3,(H,17,19). The molecular formula is C14H10BrFN2O3. The van der Waals surface area contributed by atoms with Crippen LogP contribution < -0.4 is 5.32 Å². The average Bonchev–Trinajstić information content (AvgIpc) is 2.37. The second-order valence-corrected chi connectivity index (χ2v) is 5.19. The number of anilines is 1. The molecule has 7 heteroatoms. The average molecular weight is 353 g/mol. The summed E-state index contributed by atoms with van der Waals surface area (Å²) in [5, 5.41) is 13.3. The van der Waals surface area contributed by atoms with Gasteiger partial charge in [-0.1, -0.05) is 0 Å². The Hall–Kier alpha value is -2.28. The first-order valence-electron chi connectivity index (χ1n) is 5.90. The molecule has 2 aromatic carbocycles. The number of hydrogen-bond acceptors (Lipinski definition) is 3. The third kappa shape index (κ3) is 3.43. The molecule has 0 spiro atoms. The van der Waals surface area contributed by atoms with Crippen LogP contribution in [0.4, 0.5) is 15.8 Å². The topological polar surface area (TPSA) is 72.2 Å². The summed E-state index contributed by atoms with van der Waals surface area (Å²) in [6.07, 6.45) is 0. The fourth-order valence-corrected chi connectivity index (χ4v) is 2.34. The molecule has 108 valence electrons. The molecule has 0 aliphatic carbocycles. The van der Waals surface area contributed by atoms with Crippen molar-refractivity contribution in [1.82, 2.24) is 0 Å². The number of carbonyl (C=O) groups is 1. The molecule has 21 heavy (non-hydrogen) atoms. The van der Waals surface area contributed by atoms with Gasteiger partial charge in [0.1, 0.15) is 5.82 Å². The number of nitrogens with zero attached hydrogens (tertiary/aromatic N) is 1. The zero-order valence-corrected chi connectivity index (χ0v) is 12.5. The lowest BCUT2D eigenvalue weighted by Gasteiger charge is -2.08. The summed E-state index contributed by atoms with van der Waals surface area (Å²) in [4.78, 5) is 22.3. The third-order valence-corrected chi connectivity index (χ3v) is 3.48. The van der Waals surface area contributed by atoms with Gasteiger partial charge >= 0.3 is 0 Å². The van der Waals surface area contributed by atoms with Crippen LogP contribution in [0.25, 0.3) is 0 Å². The Labute approximate surface area is 128 Å². The quantitative estimate of drug-likeness (QED) is 0.668. The fourth-order valence-electron chi connectivity index (χ4n) is 1.81. The van der Waals surface area contributed by atoms with E-state index in [0.29, 0.717) is 15.7 Å². The molecule has 1 amide bonds. The molecule has 0 fully saturated rings. The zero-order chi connectivity index (χ0) is 15.6. The first-order chi connectivity index (χ1) is 9.88. The maximum absolute atomic E-state index is 13.0. The molecule has 0 heterocycles. The van der Waals surface area contributed by atoms with Crippen LogP contribution in [-0.4, -0.2) is 10.8 Å². The highest BCUT2D eigenvalue weighted by Gasteiger charge is 2.14. The molecule has 0 aliphatic rings. The molecule has 2 aromatic rings. The summed E-state index contributed by atoms with van der Waals surface area (Å²) in [5.41, 5.74) is 1.12. The Bertz CT molecular complexity index is 734. The number of aryl methyl sites for hydroxylation is 1. The fraction of sp³-hybridized carbons (Fsp3) is 0.0714. The Morgan fingerprint density at radius 1 is 1.29 bits per heavy atom. The van der Waals surface area contributed by atoms with Gasteiger partial charge in [0.05, 0.1) is 10.5 Å². The van der Waals surface area contributed by atoms with Crippen molar-refractivity contribution >= 4 is 33.2 Å². The normalized spacial score (nSPS) is 10.2. The van der Waals surface area contributed by atoms with E-state index in [4.69, 9.17) is 0 Å². The number of halogens is 2. The van der Waals surface area contributed by atoms with Crippen LogP contribution in [0.5, 0.6) is 0 Å². The summed E-state index contributed by atoms with van der Waals surface area (Å²) in [5.74, 6) is -0.889. The monoisotopic (exact) mass is 352 g/mol. The molecule has 0 radical (unpaired) electrons. The van der Waals surface area contributed by atoms with E-state index in [1.807, 2.05) is 0 Å². The maximum Gasteiger partial charge on any atom is 0.272 e. The minimum Gasteiger partial charge on any atom is -0.322 e. The molecule has 0 unspecified atom stereocenters. The van der Waals surface area contributed by atoms with E-state index in [2.05, 4.69) is 21.2 Å². The van der Waals surface area contributed by atoms with Crippen LogP contribution in [-0.2, 0) is 0 Å². The SMILES string of the molecule is Cc1cc(NC(=O)c2ccc(F)cc2Br)ccc1[N+](=O)[O-]. The molecule has 0 atom stereocenters. The Kier molecular flexibility index (Phi) is 4.32. The van der Waals surface area contributed by atoms with Gasteiger partial charge in [0.2, 0.25) is 0 Å². The van der Waals surface area contributed by atoms with Crippen LogP contribution in [0.2, 0.25) is 0 Å². The van der Waals surface area contributed by atoms with E-state index in [1.165, 1.54) is 36.4 Å². The van der Waals surface area contributed by atoms with Gasteiger partial charge < -0.3 is 5.32 Å². The van der Waals surface area contributed by atoms with Gasteiger partial charge in [0, 0.05) is 21.8 Å². The largest absolute Gasteiger partial charge is 0.322 e. The molecule has 5 nitrogen and oxygen atoms in total. The van der Waals surface area contributed by atoms with E-state index in [-0.39, 0.29) is 11.3 Å². The lowest BCUT2D eigenvalue weighted by atomic mass is 10.1. The molecule has 0 aliphatic heterocycles. The van der Waals surface area contributed by atoms with Gasteiger partial charge in [-0.2, -0.15) is 0 Å². The predicted octanol–water partition coefficient (Wildman–Crippen LogP) is 4.06. The number of carbonyl (C=O) groups excluding carboxylic acids is 1. The van der Waals surface area contributed by atoms with E-state index in [9.17, 15) is 19.3 Å². The lowest BCUT2D eigenvalue weighted by Crippen LogP contribution is -2.13. The maximum atomic E-state index is 13.0. The molecule has 0 saturated heterocycles. The van der Waals surface area contributed by atoms with Gasteiger partial charge in [0.15, 0.2) is 0 Å². The highest BCUT2D eigenvalue weighted by atomic mass is 79.9. The van der Waals surface area contributed by atoms with Gasteiger partial charge in [0.25, 0.3) is 11.6 Å². The van der Waals surface area contributed by atoms with Crippen molar-refractivity contribution in [2.45, 2.75) is 6.92 Å². The zero-order valence-electron chi connectivity index (χ0n) is 10.9. The molecule has 0 aromatic heterocycles. The first-order valence-corrected chi connectivity index (χ1v) is 6.69. The number of hydrogen-bond donors (Lipinski definition) is 1. The summed E-state index contributed by atoms with van der Waals surface area (Å²) in [6, 6.07) is 8.00. The summed E-state index contributed by atoms with van der Waals surface area (Å²) >= 11 is 3.12. The van der Waals surface area contributed by atoms with Crippen molar-refractivity contribution in [3.8, 4) is 0 Å². The van der Waals surface area contributed by atoms with Crippen LogP contribution >= 0.6 is 15.9 Å². The van der Waals surface area contributed by atoms with Crippen molar-refractivity contribution < 1.29 is 14.1 Å². The predicted molar refractivity (Wildman–Crippen MR) is 79.9 cm³/mol. The molecular weight excluding hydrogens is 343 g/mol. The minimum absolute atomic E-state index is 0.0176. The highest BCUT2D eigenvalue weighted by molar-refractivity contribution is 9.10. The second-order valence-electron chi connectivity index (χ2n) is 4.34. The molecule has 0 bridgehead atoms. The van der Waals surface area contributed by atoms with Crippen molar-refractivity contribution in [2.75, 3.05) is 5.32 Å². The Morgan fingerprint density at radius 3 is 2.57 bits per heavy atom. The summed E-state index contributed by atoms with van der Waals surface area (Å²) in [6.45, 7) is 1.58.